The zero-order chi connectivity index (χ0) is 41.8. The van der Waals surface area contributed by atoms with Crippen LogP contribution in [0, 0.1) is 0 Å². The number of unbranched alkanes of at least 4 members (excludes halogenated alkanes) is 5. The Morgan fingerprint density at radius 2 is 1.16 bits per heavy atom. The van der Waals surface area contributed by atoms with E-state index in [9.17, 15) is 45.3 Å². The van der Waals surface area contributed by atoms with Gasteiger partial charge >= 0.3 is 11.9 Å². The van der Waals surface area contributed by atoms with E-state index in [-0.39, 0.29) is 19.4 Å². The molecule has 5 unspecified atom stereocenters. The van der Waals surface area contributed by atoms with E-state index < -0.39 is 99.3 Å². The minimum Gasteiger partial charge on any atom is -0.462 e. The van der Waals surface area contributed by atoms with E-state index in [1.54, 1.807) is 0 Å². The van der Waals surface area contributed by atoms with Crippen molar-refractivity contribution in [1.82, 2.24) is 0 Å². The largest absolute Gasteiger partial charge is 0.462 e. The molecule has 11 atom stereocenters. The average Bonchev–Trinajstić information content (AvgIpc) is 3.20. The van der Waals surface area contributed by atoms with Crippen LogP contribution in [0.2, 0.25) is 0 Å². The van der Waals surface area contributed by atoms with Gasteiger partial charge in [-0.05, 0) is 38.5 Å². The monoisotopic (exact) mass is 810 g/mol. The number of hydrogen-bond donors (Lipinski definition) is 7. The molecular weight excluding hydrogens is 744 g/mol. The molecule has 0 aromatic heterocycles. The summed E-state index contributed by atoms with van der Waals surface area (Å²) in [6.07, 6.45) is 14.4. The molecule has 7 N–H and O–H groups in total. The van der Waals surface area contributed by atoms with Crippen LogP contribution in [0.5, 0.6) is 0 Å². The highest BCUT2D eigenvalue weighted by atomic mass is 16.7. The minimum absolute atomic E-state index is 0.0579. The van der Waals surface area contributed by atoms with Crippen LogP contribution in [0.15, 0.2) is 72.9 Å². The van der Waals surface area contributed by atoms with E-state index in [0.717, 1.165) is 32.1 Å². The van der Waals surface area contributed by atoms with Crippen molar-refractivity contribution in [3.05, 3.63) is 72.9 Å². The zero-order valence-electron chi connectivity index (χ0n) is 33.3. The molecule has 0 spiro atoms. The van der Waals surface area contributed by atoms with Crippen LogP contribution in [-0.2, 0) is 38.0 Å². The Hall–Kier alpha value is -3.06. The Kier molecular flexibility index (Phi) is 26.4. The second kappa shape index (κ2) is 30.1. The van der Waals surface area contributed by atoms with Crippen LogP contribution < -0.4 is 0 Å². The number of hydrogen-bond acceptors (Lipinski definition) is 15. The van der Waals surface area contributed by atoms with Crippen LogP contribution in [0.1, 0.15) is 84.5 Å². The van der Waals surface area contributed by atoms with Crippen LogP contribution >= 0.6 is 0 Å². The maximum Gasteiger partial charge on any atom is 0.306 e. The molecule has 15 heteroatoms. The molecule has 0 aromatic carbocycles. The van der Waals surface area contributed by atoms with Crippen molar-refractivity contribution in [3.63, 3.8) is 0 Å². The molecule has 0 bridgehead atoms. The highest BCUT2D eigenvalue weighted by Gasteiger charge is 2.47. The number of esters is 2. The zero-order valence-corrected chi connectivity index (χ0v) is 33.3. The minimum atomic E-state index is -1.78. The Labute approximate surface area is 336 Å². The maximum absolute atomic E-state index is 12.8. The summed E-state index contributed by atoms with van der Waals surface area (Å²) in [4.78, 5) is 25.3. The Balaban J connectivity index is 1.96. The van der Waals surface area contributed by atoms with Gasteiger partial charge in [-0.1, -0.05) is 106 Å². The average molecular weight is 811 g/mol. The van der Waals surface area contributed by atoms with Crippen molar-refractivity contribution >= 4 is 11.9 Å². The summed E-state index contributed by atoms with van der Waals surface area (Å²) >= 11 is 0. The molecule has 2 saturated heterocycles. The summed E-state index contributed by atoms with van der Waals surface area (Å²) in [6, 6.07) is 0. The number of carbonyl (C=O) groups excluding carboxylic acids is 2. The normalized spacial score (nSPS) is 29.1. The molecule has 324 valence electrons. The Morgan fingerprint density at radius 3 is 1.81 bits per heavy atom. The molecule has 0 amide bonds. The molecule has 0 aromatic rings. The second-order valence-electron chi connectivity index (χ2n) is 13.8. The van der Waals surface area contributed by atoms with Gasteiger partial charge in [0.05, 0.1) is 19.8 Å². The molecule has 2 aliphatic heterocycles. The number of aliphatic hydroxyl groups excluding tert-OH is 7. The quantitative estimate of drug-likeness (QED) is 0.0274. The molecule has 0 saturated carbocycles. The van der Waals surface area contributed by atoms with Crippen molar-refractivity contribution in [3.8, 4) is 0 Å². The molecular formula is C42H66O15. The van der Waals surface area contributed by atoms with Gasteiger partial charge < -0.3 is 64.2 Å². The third kappa shape index (κ3) is 20.0. The van der Waals surface area contributed by atoms with E-state index in [1.807, 2.05) is 66.8 Å². The highest BCUT2D eigenvalue weighted by molar-refractivity contribution is 5.70. The molecule has 2 heterocycles. The SMILES string of the molecule is CC/C=C/C=C/C=C/C=C/C=C/CCCC(=O)OC(COC(=O)CC/C=C/CCCCCC)CO[C@@H]1O[C@H](CO[C@@H]2O[C@H](CO)[C@H](O)C(O)C2O)[C@H](O)C(O)C1O. The molecule has 2 rings (SSSR count). The van der Waals surface area contributed by atoms with Crippen molar-refractivity contribution in [2.24, 2.45) is 0 Å². The smallest absolute Gasteiger partial charge is 0.306 e. The van der Waals surface area contributed by atoms with Gasteiger partial charge in [0.15, 0.2) is 18.7 Å². The van der Waals surface area contributed by atoms with Crippen molar-refractivity contribution < 1.29 is 73.8 Å². The standard InChI is InChI=1S/C42H66O15/c1-3-5-7-9-11-13-14-15-16-17-19-21-23-25-34(45)55-30(27-52-33(44)24-22-20-18-12-10-8-6-4-2)28-53-41-40(51)38(49)36(47)32(57-41)29-54-42-39(50)37(48)35(46)31(26-43)56-42/h5,7,9,11,13-20,30-32,35-43,46-51H,3-4,6,8,10,12,21-29H2,1-2H3/b7-5+,11-9+,14-13+,16-15+,19-17+,20-18+/t30?,31-,32-,35+,36+,37?,38?,39?,40?,41-,42-/m1/s1. The fraction of sp³-hybridized carbons (Fsp3) is 0.667. The number of rotatable bonds is 27. The van der Waals surface area contributed by atoms with Gasteiger partial charge in [0.2, 0.25) is 0 Å². The summed E-state index contributed by atoms with van der Waals surface area (Å²) in [5.41, 5.74) is 0. The summed E-state index contributed by atoms with van der Waals surface area (Å²) in [6.45, 7) is 2.20. The second-order valence-corrected chi connectivity index (χ2v) is 13.8. The molecule has 57 heavy (non-hydrogen) atoms. The Bertz CT molecular complexity index is 1280. The number of ether oxygens (including phenoxy) is 6. The highest BCUT2D eigenvalue weighted by Crippen LogP contribution is 2.26. The topological polar surface area (TPSA) is 231 Å². The van der Waals surface area contributed by atoms with Gasteiger partial charge in [-0.2, -0.15) is 0 Å². The van der Waals surface area contributed by atoms with E-state index in [1.165, 1.54) is 6.42 Å². The lowest BCUT2D eigenvalue weighted by Gasteiger charge is -2.42. The summed E-state index contributed by atoms with van der Waals surface area (Å²) < 4.78 is 33.1. The van der Waals surface area contributed by atoms with Crippen LogP contribution in [0.3, 0.4) is 0 Å². The Morgan fingerprint density at radius 1 is 0.579 bits per heavy atom. The van der Waals surface area contributed by atoms with Crippen LogP contribution in [0.25, 0.3) is 0 Å². The molecule has 0 radical (unpaired) electrons. The lowest BCUT2D eigenvalue weighted by atomic mass is 9.98. The number of allylic oxidation sites excluding steroid dienone is 12. The number of carbonyl (C=O) groups is 2. The fourth-order valence-electron chi connectivity index (χ4n) is 5.67. The third-order valence-electron chi connectivity index (χ3n) is 9.06. The van der Waals surface area contributed by atoms with Gasteiger partial charge in [0.1, 0.15) is 55.4 Å². The third-order valence-corrected chi connectivity index (χ3v) is 9.06. The summed E-state index contributed by atoms with van der Waals surface area (Å²) in [7, 11) is 0. The van der Waals surface area contributed by atoms with Crippen LogP contribution in [0.4, 0.5) is 0 Å². The molecule has 0 aliphatic carbocycles. The van der Waals surface area contributed by atoms with E-state index in [4.69, 9.17) is 28.4 Å². The predicted molar refractivity (Wildman–Crippen MR) is 210 cm³/mol. The number of aliphatic hydroxyl groups is 7. The molecule has 2 fully saturated rings. The first-order valence-electron chi connectivity index (χ1n) is 20.1. The lowest BCUT2D eigenvalue weighted by molar-refractivity contribution is -0.332. The van der Waals surface area contributed by atoms with Gasteiger partial charge in [0.25, 0.3) is 0 Å². The van der Waals surface area contributed by atoms with E-state index >= 15 is 0 Å². The van der Waals surface area contributed by atoms with Crippen molar-refractivity contribution in [1.29, 1.82) is 0 Å². The summed E-state index contributed by atoms with van der Waals surface area (Å²) in [5, 5.41) is 71.6. The lowest BCUT2D eigenvalue weighted by Crippen LogP contribution is -2.61. The molecule has 2 aliphatic rings. The molecule has 15 nitrogen and oxygen atoms in total. The summed E-state index contributed by atoms with van der Waals surface area (Å²) in [5.74, 6) is -1.09. The van der Waals surface area contributed by atoms with Gasteiger partial charge in [-0.15, -0.1) is 0 Å². The van der Waals surface area contributed by atoms with Gasteiger partial charge in [-0.25, -0.2) is 0 Å². The van der Waals surface area contributed by atoms with Crippen molar-refractivity contribution in [2.75, 3.05) is 26.4 Å². The van der Waals surface area contributed by atoms with Crippen LogP contribution in [-0.4, -0.2) is 142 Å². The fourth-order valence-corrected chi connectivity index (χ4v) is 5.67. The van der Waals surface area contributed by atoms with Gasteiger partial charge in [0, 0.05) is 12.8 Å². The first-order chi connectivity index (χ1) is 27.5. The predicted octanol–water partition coefficient (Wildman–Crippen LogP) is 2.75. The van der Waals surface area contributed by atoms with Gasteiger partial charge in [-0.3, -0.25) is 9.59 Å². The first kappa shape index (κ1) is 50.1. The van der Waals surface area contributed by atoms with E-state index in [0.29, 0.717) is 19.3 Å². The maximum atomic E-state index is 12.8. The first-order valence-corrected chi connectivity index (χ1v) is 20.1. The van der Waals surface area contributed by atoms with E-state index in [2.05, 4.69) is 19.9 Å². The van der Waals surface area contributed by atoms with Crippen molar-refractivity contribution in [2.45, 2.75) is 152 Å².